The summed E-state index contributed by atoms with van der Waals surface area (Å²) in [4.78, 5) is 11.9. The lowest BCUT2D eigenvalue weighted by molar-refractivity contribution is -0.121. The highest BCUT2D eigenvalue weighted by atomic mass is 32.1. The first kappa shape index (κ1) is 17.7. The molecule has 1 amide bonds. The lowest BCUT2D eigenvalue weighted by atomic mass is 9.78. The number of benzene rings is 1. The third kappa shape index (κ3) is 5.82. The van der Waals surface area contributed by atoms with Gasteiger partial charge in [0.15, 0.2) is 5.11 Å². The molecule has 5 heteroatoms. The fourth-order valence-electron chi connectivity index (χ4n) is 3.08. The van der Waals surface area contributed by atoms with Crippen molar-refractivity contribution in [1.29, 1.82) is 0 Å². The van der Waals surface area contributed by atoms with Crippen LogP contribution in [0.2, 0.25) is 0 Å². The molecule has 0 heterocycles. The molecule has 0 unspecified atom stereocenters. The van der Waals surface area contributed by atoms with Crippen LogP contribution in [-0.4, -0.2) is 17.1 Å². The molecule has 1 saturated carbocycles. The van der Waals surface area contributed by atoms with E-state index in [0.29, 0.717) is 29.4 Å². The molecule has 0 aromatic heterocycles. The van der Waals surface area contributed by atoms with Crippen LogP contribution >= 0.6 is 12.2 Å². The second-order valence-corrected chi connectivity index (χ2v) is 6.91. The van der Waals surface area contributed by atoms with Crippen LogP contribution in [0.5, 0.6) is 0 Å². The number of carbonyl (C=O) groups is 1. The molecule has 3 N–H and O–H groups in total. The zero-order chi connectivity index (χ0) is 16.7. The molecule has 0 bridgehead atoms. The van der Waals surface area contributed by atoms with Gasteiger partial charge in [-0.1, -0.05) is 57.0 Å². The van der Waals surface area contributed by atoms with Crippen LogP contribution in [-0.2, 0) is 11.2 Å². The predicted octanol–water partition coefficient (Wildman–Crippen LogP) is 2.94. The van der Waals surface area contributed by atoms with Gasteiger partial charge in [-0.25, -0.2) is 0 Å². The van der Waals surface area contributed by atoms with Gasteiger partial charge in [0.25, 0.3) is 0 Å². The maximum absolute atomic E-state index is 11.9. The van der Waals surface area contributed by atoms with Crippen LogP contribution in [0.4, 0.5) is 0 Å². The SMILES string of the molecule is C[C@@H]1[C@H](C)CCC[C@H]1NC(=S)NNC(=O)CCc1ccccc1. The van der Waals surface area contributed by atoms with Crippen molar-refractivity contribution in [2.24, 2.45) is 11.8 Å². The molecular formula is C18H27N3OS. The normalized spacial score (nSPS) is 23.8. The van der Waals surface area contributed by atoms with Gasteiger partial charge < -0.3 is 5.32 Å². The van der Waals surface area contributed by atoms with Crippen LogP contribution in [0.25, 0.3) is 0 Å². The average Bonchev–Trinajstić information content (AvgIpc) is 2.56. The van der Waals surface area contributed by atoms with Crippen molar-refractivity contribution >= 4 is 23.2 Å². The van der Waals surface area contributed by atoms with Gasteiger partial charge in [0, 0.05) is 12.5 Å². The topological polar surface area (TPSA) is 53.2 Å². The van der Waals surface area contributed by atoms with Gasteiger partial charge in [0.1, 0.15) is 0 Å². The Morgan fingerprint density at radius 1 is 1.17 bits per heavy atom. The molecule has 0 radical (unpaired) electrons. The van der Waals surface area contributed by atoms with Gasteiger partial charge in [-0.15, -0.1) is 0 Å². The molecule has 1 aromatic carbocycles. The molecular weight excluding hydrogens is 306 g/mol. The summed E-state index contributed by atoms with van der Waals surface area (Å²) in [5.41, 5.74) is 6.66. The summed E-state index contributed by atoms with van der Waals surface area (Å²) in [6.45, 7) is 4.56. The third-order valence-electron chi connectivity index (χ3n) is 4.82. The molecule has 23 heavy (non-hydrogen) atoms. The summed E-state index contributed by atoms with van der Waals surface area (Å²) >= 11 is 5.29. The van der Waals surface area contributed by atoms with E-state index in [1.54, 1.807) is 0 Å². The van der Waals surface area contributed by atoms with E-state index < -0.39 is 0 Å². The maximum Gasteiger partial charge on any atom is 0.238 e. The van der Waals surface area contributed by atoms with Gasteiger partial charge in [0.05, 0.1) is 0 Å². The molecule has 126 valence electrons. The van der Waals surface area contributed by atoms with E-state index in [9.17, 15) is 4.79 Å². The predicted molar refractivity (Wildman–Crippen MR) is 97.7 cm³/mol. The molecule has 1 aliphatic rings. The van der Waals surface area contributed by atoms with E-state index in [2.05, 4.69) is 30.0 Å². The van der Waals surface area contributed by atoms with Crippen molar-refractivity contribution in [3.8, 4) is 0 Å². The molecule has 0 spiro atoms. The highest BCUT2D eigenvalue weighted by Gasteiger charge is 2.27. The Morgan fingerprint density at radius 2 is 1.91 bits per heavy atom. The average molecular weight is 334 g/mol. The monoisotopic (exact) mass is 333 g/mol. The fourth-order valence-corrected chi connectivity index (χ4v) is 3.28. The van der Waals surface area contributed by atoms with Crippen molar-refractivity contribution < 1.29 is 4.79 Å². The van der Waals surface area contributed by atoms with E-state index in [4.69, 9.17) is 12.2 Å². The summed E-state index contributed by atoms with van der Waals surface area (Å²) in [6, 6.07) is 10.4. The Kier molecular flexibility index (Phi) is 6.84. The number of thiocarbonyl (C=S) groups is 1. The Bertz CT molecular complexity index is 520. The summed E-state index contributed by atoms with van der Waals surface area (Å²) < 4.78 is 0. The Labute approximate surface area is 144 Å². The number of nitrogens with one attached hydrogen (secondary N) is 3. The zero-order valence-corrected chi connectivity index (χ0v) is 14.8. The quantitative estimate of drug-likeness (QED) is 0.586. The molecule has 0 saturated heterocycles. The first-order valence-electron chi connectivity index (χ1n) is 8.45. The van der Waals surface area contributed by atoms with E-state index in [-0.39, 0.29) is 5.91 Å². The molecule has 1 aromatic rings. The Balaban J connectivity index is 1.66. The maximum atomic E-state index is 11.9. The standard InChI is InChI=1S/C18H27N3OS/c1-13-7-6-10-16(14(13)2)19-18(23)21-20-17(22)12-11-15-8-4-3-5-9-15/h3-5,8-9,13-14,16H,6-7,10-12H2,1-2H3,(H,20,22)(H2,19,21,23)/t13-,14-,16-/m1/s1. The summed E-state index contributed by atoms with van der Waals surface area (Å²) in [5.74, 6) is 1.25. The van der Waals surface area contributed by atoms with Crippen LogP contribution in [0.1, 0.15) is 45.1 Å². The molecule has 3 atom stereocenters. The van der Waals surface area contributed by atoms with E-state index in [1.165, 1.54) is 12.8 Å². The highest BCUT2D eigenvalue weighted by Crippen LogP contribution is 2.29. The lowest BCUT2D eigenvalue weighted by Crippen LogP contribution is -2.52. The van der Waals surface area contributed by atoms with Crippen LogP contribution < -0.4 is 16.2 Å². The smallest absolute Gasteiger partial charge is 0.238 e. The summed E-state index contributed by atoms with van der Waals surface area (Å²) in [5, 5.41) is 3.84. The second kappa shape index (κ2) is 8.87. The van der Waals surface area contributed by atoms with Crippen molar-refractivity contribution in [2.45, 2.75) is 52.0 Å². The van der Waals surface area contributed by atoms with Crippen LogP contribution in [0.3, 0.4) is 0 Å². The molecule has 2 rings (SSSR count). The number of hydrazine groups is 1. The van der Waals surface area contributed by atoms with Gasteiger partial charge in [-0.2, -0.15) is 0 Å². The van der Waals surface area contributed by atoms with Crippen molar-refractivity contribution in [3.63, 3.8) is 0 Å². The lowest BCUT2D eigenvalue weighted by Gasteiger charge is -2.35. The van der Waals surface area contributed by atoms with Crippen LogP contribution in [0, 0.1) is 11.8 Å². The number of amides is 1. The minimum Gasteiger partial charge on any atom is -0.358 e. The van der Waals surface area contributed by atoms with E-state index in [0.717, 1.165) is 18.4 Å². The number of rotatable bonds is 4. The van der Waals surface area contributed by atoms with Crippen molar-refractivity contribution in [3.05, 3.63) is 35.9 Å². The number of hydrogen-bond donors (Lipinski definition) is 3. The summed E-state index contributed by atoms with van der Waals surface area (Å²) in [6.07, 6.45) is 4.82. The minimum atomic E-state index is -0.0527. The van der Waals surface area contributed by atoms with Crippen molar-refractivity contribution in [1.82, 2.24) is 16.2 Å². The first-order chi connectivity index (χ1) is 11.1. The Hall–Kier alpha value is -1.62. The van der Waals surface area contributed by atoms with Gasteiger partial charge in [-0.3, -0.25) is 15.6 Å². The summed E-state index contributed by atoms with van der Waals surface area (Å²) in [7, 11) is 0. The van der Waals surface area contributed by atoms with Gasteiger partial charge in [0.2, 0.25) is 5.91 Å². The van der Waals surface area contributed by atoms with E-state index >= 15 is 0 Å². The Morgan fingerprint density at radius 3 is 2.65 bits per heavy atom. The largest absolute Gasteiger partial charge is 0.358 e. The van der Waals surface area contributed by atoms with Crippen molar-refractivity contribution in [2.75, 3.05) is 0 Å². The van der Waals surface area contributed by atoms with Gasteiger partial charge >= 0.3 is 0 Å². The molecule has 0 aliphatic heterocycles. The highest BCUT2D eigenvalue weighted by molar-refractivity contribution is 7.80. The molecule has 1 fully saturated rings. The fraction of sp³-hybridized carbons (Fsp3) is 0.556. The minimum absolute atomic E-state index is 0.0527. The van der Waals surface area contributed by atoms with Gasteiger partial charge in [-0.05, 0) is 42.5 Å². The van der Waals surface area contributed by atoms with E-state index in [1.807, 2.05) is 30.3 Å². The van der Waals surface area contributed by atoms with Crippen LogP contribution in [0.15, 0.2) is 30.3 Å². The number of hydrogen-bond acceptors (Lipinski definition) is 2. The second-order valence-electron chi connectivity index (χ2n) is 6.51. The number of aryl methyl sites for hydroxylation is 1. The molecule has 4 nitrogen and oxygen atoms in total. The first-order valence-corrected chi connectivity index (χ1v) is 8.86. The molecule has 1 aliphatic carbocycles. The zero-order valence-electron chi connectivity index (χ0n) is 14.0. The number of carbonyl (C=O) groups excluding carboxylic acids is 1. The third-order valence-corrected chi connectivity index (χ3v) is 5.04.